The van der Waals surface area contributed by atoms with Crippen molar-refractivity contribution in [3.8, 4) is 0 Å². The molecular formula is C17H23NO4. The van der Waals surface area contributed by atoms with Crippen LogP contribution in [0.4, 0.5) is 5.69 Å². The van der Waals surface area contributed by atoms with E-state index in [-0.39, 0.29) is 11.9 Å². The molecule has 1 N–H and O–H groups in total. The molecule has 0 aliphatic heterocycles. The van der Waals surface area contributed by atoms with Crippen LogP contribution in [0.1, 0.15) is 25.7 Å². The van der Waals surface area contributed by atoms with Crippen LogP contribution in [-0.2, 0) is 19.1 Å². The quantitative estimate of drug-likeness (QED) is 0.410. The lowest BCUT2D eigenvalue weighted by atomic mass is 10.1. The van der Waals surface area contributed by atoms with Crippen molar-refractivity contribution in [2.24, 2.45) is 0 Å². The molecule has 1 aromatic carbocycles. The van der Waals surface area contributed by atoms with Crippen molar-refractivity contribution in [1.82, 2.24) is 0 Å². The molecule has 22 heavy (non-hydrogen) atoms. The molecule has 0 radical (unpaired) electrons. The van der Waals surface area contributed by atoms with E-state index in [1.807, 2.05) is 30.3 Å². The lowest BCUT2D eigenvalue weighted by Gasteiger charge is -2.16. The Morgan fingerprint density at radius 1 is 1.27 bits per heavy atom. The number of hydrogen-bond donors (Lipinski definition) is 1. The summed E-state index contributed by atoms with van der Waals surface area (Å²) in [6, 6.07) is 9.23. The number of methoxy groups -OCH3 is 1. The Morgan fingerprint density at radius 3 is 2.64 bits per heavy atom. The standard InChI is InChI=1S/C17H23NO4/c1-3-13-22-15(11-7-8-12-16(19)21-2)17(20)18-14-9-5-4-6-10-14/h3-6,9-10,15H,1,7-8,11-13H2,2H3,(H,18,20). The van der Waals surface area contributed by atoms with E-state index in [1.54, 1.807) is 6.08 Å². The summed E-state index contributed by atoms with van der Waals surface area (Å²) in [4.78, 5) is 23.3. The van der Waals surface area contributed by atoms with Gasteiger partial charge in [0.15, 0.2) is 0 Å². The van der Waals surface area contributed by atoms with Crippen LogP contribution < -0.4 is 5.32 Å². The normalized spacial score (nSPS) is 11.5. The van der Waals surface area contributed by atoms with Crippen LogP contribution in [0.5, 0.6) is 0 Å². The van der Waals surface area contributed by atoms with Crippen molar-refractivity contribution in [3.05, 3.63) is 43.0 Å². The van der Waals surface area contributed by atoms with Crippen LogP contribution >= 0.6 is 0 Å². The molecule has 0 aliphatic carbocycles. The molecule has 1 unspecified atom stereocenters. The number of rotatable bonds is 10. The number of carbonyl (C=O) groups is 2. The fraction of sp³-hybridized carbons (Fsp3) is 0.412. The maximum absolute atomic E-state index is 12.2. The van der Waals surface area contributed by atoms with Crippen molar-refractivity contribution in [2.45, 2.75) is 31.8 Å². The first-order valence-corrected chi connectivity index (χ1v) is 7.32. The topological polar surface area (TPSA) is 64.6 Å². The molecule has 5 heteroatoms. The monoisotopic (exact) mass is 305 g/mol. The minimum absolute atomic E-state index is 0.189. The van der Waals surface area contributed by atoms with Gasteiger partial charge in [-0.05, 0) is 31.4 Å². The first-order valence-electron chi connectivity index (χ1n) is 7.32. The highest BCUT2D eigenvalue weighted by atomic mass is 16.5. The molecule has 0 saturated heterocycles. The summed E-state index contributed by atoms with van der Waals surface area (Å²) in [5, 5.41) is 2.82. The smallest absolute Gasteiger partial charge is 0.305 e. The van der Waals surface area contributed by atoms with E-state index in [0.29, 0.717) is 32.3 Å². The second-order valence-corrected chi connectivity index (χ2v) is 4.79. The van der Waals surface area contributed by atoms with Crippen LogP contribution in [0, 0.1) is 0 Å². The summed E-state index contributed by atoms with van der Waals surface area (Å²) in [7, 11) is 1.37. The number of carbonyl (C=O) groups excluding carboxylic acids is 2. The highest BCUT2D eigenvalue weighted by Gasteiger charge is 2.18. The molecule has 1 atom stereocenters. The zero-order chi connectivity index (χ0) is 16.2. The van der Waals surface area contributed by atoms with Gasteiger partial charge >= 0.3 is 5.97 Å². The van der Waals surface area contributed by atoms with Gasteiger partial charge in [0.25, 0.3) is 5.91 Å². The predicted molar refractivity (Wildman–Crippen MR) is 85.5 cm³/mol. The molecule has 0 heterocycles. The van der Waals surface area contributed by atoms with Gasteiger partial charge in [-0.1, -0.05) is 24.3 Å². The lowest BCUT2D eigenvalue weighted by Crippen LogP contribution is -2.30. The molecule has 0 fully saturated rings. The molecule has 0 spiro atoms. The Bertz CT molecular complexity index is 473. The zero-order valence-electron chi connectivity index (χ0n) is 12.9. The van der Waals surface area contributed by atoms with Gasteiger partial charge in [0.1, 0.15) is 6.10 Å². The maximum Gasteiger partial charge on any atom is 0.305 e. The minimum atomic E-state index is -0.559. The van der Waals surface area contributed by atoms with Gasteiger partial charge in [-0.15, -0.1) is 6.58 Å². The Labute approximate surface area is 131 Å². The van der Waals surface area contributed by atoms with Crippen molar-refractivity contribution in [3.63, 3.8) is 0 Å². The Balaban J connectivity index is 2.46. The van der Waals surface area contributed by atoms with Gasteiger partial charge < -0.3 is 14.8 Å². The molecule has 0 aromatic heterocycles. The van der Waals surface area contributed by atoms with Crippen molar-refractivity contribution >= 4 is 17.6 Å². The zero-order valence-corrected chi connectivity index (χ0v) is 12.9. The number of benzene rings is 1. The number of unbranched alkanes of at least 4 members (excludes halogenated alkanes) is 1. The SMILES string of the molecule is C=CCOC(CCCCC(=O)OC)C(=O)Nc1ccccc1. The van der Waals surface area contributed by atoms with E-state index in [2.05, 4.69) is 16.6 Å². The van der Waals surface area contributed by atoms with Gasteiger partial charge in [-0.3, -0.25) is 9.59 Å². The van der Waals surface area contributed by atoms with E-state index in [0.717, 1.165) is 5.69 Å². The fourth-order valence-corrected chi connectivity index (χ4v) is 1.92. The Kier molecular flexibility index (Phi) is 8.60. The van der Waals surface area contributed by atoms with Gasteiger partial charge in [-0.25, -0.2) is 0 Å². The van der Waals surface area contributed by atoms with Crippen molar-refractivity contribution in [2.75, 3.05) is 19.0 Å². The van der Waals surface area contributed by atoms with Crippen molar-refractivity contribution < 1.29 is 19.1 Å². The molecule has 1 amide bonds. The van der Waals surface area contributed by atoms with Gasteiger partial charge in [-0.2, -0.15) is 0 Å². The summed E-state index contributed by atoms with van der Waals surface area (Å²) < 4.78 is 10.1. The average molecular weight is 305 g/mol. The van der Waals surface area contributed by atoms with Crippen LogP contribution in [0.15, 0.2) is 43.0 Å². The minimum Gasteiger partial charge on any atom is -0.469 e. The van der Waals surface area contributed by atoms with Crippen LogP contribution in [0.2, 0.25) is 0 Å². The molecule has 0 saturated carbocycles. The van der Waals surface area contributed by atoms with Crippen LogP contribution in [0.3, 0.4) is 0 Å². The molecule has 0 bridgehead atoms. The number of hydrogen-bond acceptors (Lipinski definition) is 4. The second-order valence-electron chi connectivity index (χ2n) is 4.79. The summed E-state index contributed by atoms with van der Waals surface area (Å²) in [6.45, 7) is 3.90. The molecule has 5 nitrogen and oxygen atoms in total. The van der Waals surface area contributed by atoms with Gasteiger partial charge in [0, 0.05) is 12.1 Å². The first-order chi connectivity index (χ1) is 10.7. The number of amides is 1. The summed E-state index contributed by atoms with van der Waals surface area (Å²) in [5.41, 5.74) is 0.731. The van der Waals surface area contributed by atoms with Crippen molar-refractivity contribution in [1.29, 1.82) is 0 Å². The highest BCUT2D eigenvalue weighted by molar-refractivity contribution is 5.94. The number of ether oxygens (including phenoxy) is 2. The second kappa shape index (κ2) is 10.6. The van der Waals surface area contributed by atoms with E-state index in [1.165, 1.54) is 7.11 Å². The van der Waals surface area contributed by atoms with Crippen LogP contribution in [-0.4, -0.2) is 31.7 Å². The molecular weight excluding hydrogens is 282 g/mol. The van der Waals surface area contributed by atoms with Crippen LogP contribution in [0.25, 0.3) is 0 Å². The summed E-state index contributed by atoms with van der Waals surface area (Å²) in [6.07, 6.45) is 3.32. The largest absolute Gasteiger partial charge is 0.469 e. The Morgan fingerprint density at radius 2 is 2.00 bits per heavy atom. The third-order valence-electron chi connectivity index (χ3n) is 3.07. The first kappa shape index (κ1) is 17.9. The van der Waals surface area contributed by atoms with Gasteiger partial charge in [0.2, 0.25) is 0 Å². The summed E-state index contributed by atoms with van der Waals surface area (Å²) >= 11 is 0. The molecule has 1 rings (SSSR count). The molecule has 0 aliphatic rings. The third-order valence-corrected chi connectivity index (χ3v) is 3.07. The van der Waals surface area contributed by atoms with E-state index in [9.17, 15) is 9.59 Å². The number of para-hydroxylation sites is 1. The fourth-order valence-electron chi connectivity index (χ4n) is 1.92. The average Bonchev–Trinajstić information content (AvgIpc) is 2.54. The van der Waals surface area contributed by atoms with E-state index in [4.69, 9.17) is 4.74 Å². The number of nitrogens with one attached hydrogen (secondary N) is 1. The predicted octanol–water partition coefficient (Wildman–Crippen LogP) is 2.93. The van der Waals surface area contributed by atoms with E-state index >= 15 is 0 Å². The van der Waals surface area contributed by atoms with Gasteiger partial charge in [0.05, 0.1) is 13.7 Å². The highest BCUT2D eigenvalue weighted by Crippen LogP contribution is 2.12. The lowest BCUT2D eigenvalue weighted by molar-refractivity contribution is -0.140. The Hall–Kier alpha value is -2.14. The summed E-state index contributed by atoms with van der Waals surface area (Å²) in [5.74, 6) is -0.427. The molecule has 1 aromatic rings. The number of esters is 1. The third kappa shape index (κ3) is 7.04. The van der Waals surface area contributed by atoms with E-state index < -0.39 is 6.10 Å². The number of anilines is 1. The molecule has 120 valence electrons. The maximum atomic E-state index is 12.2.